The number of alkyl halides is 3. The molecule has 0 bridgehead atoms. The average molecular weight is 518 g/mol. The highest BCUT2D eigenvalue weighted by Gasteiger charge is 2.36. The first kappa shape index (κ1) is 25.1. The summed E-state index contributed by atoms with van der Waals surface area (Å²) in [6.07, 6.45) is 0.0171. The van der Waals surface area contributed by atoms with Crippen molar-refractivity contribution in [2.75, 3.05) is 25.1 Å². The van der Waals surface area contributed by atoms with Gasteiger partial charge in [-0.15, -0.1) is 13.2 Å². The van der Waals surface area contributed by atoms with Crippen LogP contribution in [-0.2, 0) is 16.1 Å². The van der Waals surface area contributed by atoms with Gasteiger partial charge < -0.3 is 23.6 Å². The van der Waals surface area contributed by atoms with Gasteiger partial charge in [0.25, 0.3) is 0 Å². The van der Waals surface area contributed by atoms with Crippen LogP contribution in [0.25, 0.3) is 11.3 Å². The number of benzene rings is 1. The van der Waals surface area contributed by atoms with E-state index in [0.717, 1.165) is 31.5 Å². The highest BCUT2D eigenvalue weighted by atomic mass is 19.4. The first-order valence-electron chi connectivity index (χ1n) is 12.1. The van der Waals surface area contributed by atoms with E-state index in [-0.39, 0.29) is 29.9 Å². The average Bonchev–Trinajstić information content (AvgIpc) is 3.66. The van der Waals surface area contributed by atoms with Gasteiger partial charge in [-0.2, -0.15) is 0 Å². The zero-order valence-corrected chi connectivity index (χ0v) is 20.2. The second-order valence-corrected chi connectivity index (χ2v) is 9.09. The number of anilines is 1. The fourth-order valence-corrected chi connectivity index (χ4v) is 4.48. The van der Waals surface area contributed by atoms with E-state index in [2.05, 4.69) is 19.8 Å². The van der Waals surface area contributed by atoms with Crippen LogP contribution in [0.3, 0.4) is 0 Å². The number of esters is 1. The number of aromatic nitrogens is 2. The molecule has 1 saturated heterocycles. The van der Waals surface area contributed by atoms with Crippen molar-refractivity contribution in [1.29, 1.82) is 0 Å². The summed E-state index contributed by atoms with van der Waals surface area (Å²) in [6, 6.07) is 9.39. The number of methoxy groups -OCH3 is 1. The van der Waals surface area contributed by atoms with Crippen LogP contribution in [0.2, 0.25) is 0 Å². The smallest absolute Gasteiger partial charge is 0.465 e. The van der Waals surface area contributed by atoms with Gasteiger partial charge in [0.05, 0.1) is 25.4 Å². The number of rotatable bonds is 8. The molecular weight excluding hydrogens is 491 g/mol. The van der Waals surface area contributed by atoms with Crippen molar-refractivity contribution in [2.45, 2.75) is 50.7 Å². The number of hydrogen-bond donors (Lipinski definition) is 0. The summed E-state index contributed by atoms with van der Waals surface area (Å²) in [6.45, 7) is 1.61. The molecule has 37 heavy (non-hydrogen) atoms. The lowest BCUT2D eigenvalue weighted by Gasteiger charge is -2.32. The zero-order valence-electron chi connectivity index (χ0n) is 20.2. The molecule has 196 valence electrons. The summed E-state index contributed by atoms with van der Waals surface area (Å²) in [5.41, 5.74) is 1.59. The maximum absolute atomic E-state index is 13.0. The summed E-state index contributed by atoms with van der Waals surface area (Å²) in [4.78, 5) is 18.1. The highest BCUT2D eigenvalue weighted by Crippen LogP contribution is 2.45. The van der Waals surface area contributed by atoms with Gasteiger partial charge in [0.1, 0.15) is 23.0 Å². The van der Waals surface area contributed by atoms with Gasteiger partial charge in [0.2, 0.25) is 0 Å². The third-order valence-corrected chi connectivity index (χ3v) is 6.53. The summed E-state index contributed by atoms with van der Waals surface area (Å²) in [5.74, 6) is 0.883. The Labute approximate surface area is 211 Å². The number of halogens is 3. The van der Waals surface area contributed by atoms with Gasteiger partial charge in [-0.3, -0.25) is 0 Å². The van der Waals surface area contributed by atoms with Crippen LogP contribution in [0, 0.1) is 0 Å². The molecule has 0 N–H and O–H groups in total. The fraction of sp³-hybridized carbons (Fsp3) is 0.423. The molecule has 1 saturated carbocycles. The topological polar surface area (TPSA) is 86.9 Å². The molecule has 5 rings (SSSR count). The molecule has 3 heterocycles. The van der Waals surface area contributed by atoms with E-state index in [4.69, 9.17) is 14.0 Å². The van der Waals surface area contributed by atoms with E-state index in [1.807, 2.05) is 0 Å². The molecule has 0 unspecified atom stereocenters. The largest absolute Gasteiger partial charge is 0.573 e. The molecule has 0 atom stereocenters. The standard InChI is InChI=1S/C26H26F3N3O5/c1-34-25(33)17-8-9-22(30-14-17)32-12-10-18(11-13-32)35-15-20-23(31-37-24(20)16-6-7-16)19-4-2-3-5-21(19)36-26(27,28)29/h2-5,8-9,14,16,18H,6-7,10-13,15H2,1H3. The molecule has 11 heteroatoms. The molecule has 2 fully saturated rings. The minimum Gasteiger partial charge on any atom is -0.465 e. The molecule has 3 aromatic rings. The maximum atomic E-state index is 13.0. The molecule has 8 nitrogen and oxygen atoms in total. The van der Waals surface area contributed by atoms with E-state index in [1.54, 1.807) is 18.2 Å². The van der Waals surface area contributed by atoms with Crippen LogP contribution in [0.4, 0.5) is 19.0 Å². The molecule has 0 radical (unpaired) electrons. The number of ether oxygens (including phenoxy) is 3. The Balaban J connectivity index is 1.26. The summed E-state index contributed by atoms with van der Waals surface area (Å²) in [7, 11) is 1.33. The predicted octanol–water partition coefficient (Wildman–Crippen LogP) is 5.48. The van der Waals surface area contributed by atoms with Crippen LogP contribution >= 0.6 is 0 Å². The number of para-hydroxylation sites is 1. The number of carbonyl (C=O) groups excluding carboxylic acids is 1. The Kier molecular flexibility index (Phi) is 7.05. The Morgan fingerprint density at radius 3 is 2.51 bits per heavy atom. The van der Waals surface area contributed by atoms with Crippen molar-refractivity contribution in [2.24, 2.45) is 0 Å². The predicted molar refractivity (Wildman–Crippen MR) is 126 cm³/mol. The van der Waals surface area contributed by atoms with E-state index in [9.17, 15) is 18.0 Å². The van der Waals surface area contributed by atoms with Gasteiger partial charge in [0, 0.05) is 36.3 Å². The zero-order chi connectivity index (χ0) is 26.0. The van der Waals surface area contributed by atoms with Crippen molar-refractivity contribution in [3.05, 3.63) is 59.5 Å². The lowest BCUT2D eigenvalue weighted by molar-refractivity contribution is -0.274. The molecule has 1 aliphatic carbocycles. The van der Waals surface area contributed by atoms with Crippen LogP contribution in [0.5, 0.6) is 5.75 Å². The first-order chi connectivity index (χ1) is 17.8. The second kappa shape index (κ2) is 10.4. The van der Waals surface area contributed by atoms with E-state index < -0.39 is 12.3 Å². The monoisotopic (exact) mass is 517 g/mol. The van der Waals surface area contributed by atoms with Gasteiger partial charge in [-0.25, -0.2) is 9.78 Å². The lowest BCUT2D eigenvalue weighted by Crippen LogP contribution is -2.37. The van der Waals surface area contributed by atoms with Crippen molar-refractivity contribution >= 4 is 11.8 Å². The van der Waals surface area contributed by atoms with Crippen molar-refractivity contribution < 1.29 is 36.7 Å². The maximum Gasteiger partial charge on any atom is 0.573 e. The molecule has 1 aromatic carbocycles. The van der Waals surface area contributed by atoms with E-state index in [0.29, 0.717) is 35.7 Å². The van der Waals surface area contributed by atoms with E-state index >= 15 is 0 Å². The molecule has 2 aliphatic rings. The number of nitrogens with zero attached hydrogens (tertiary/aromatic N) is 3. The lowest BCUT2D eigenvalue weighted by atomic mass is 10.0. The summed E-state index contributed by atoms with van der Waals surface area (Å²) < 4.78 is 59.7. The van der Waals surface area contributed by atoms with Gasteiger partial charge >= 0.3 is 12.3 Å². The Hall–Kier alpha value is -3.60. The van der Waals surface area contributed by atoms with Crippen LogP contribution in [-0.4, -0.2) is 48.8 Å². The quantitative estimate of drug-likeness (QED) is 0.363. The third kappa shape index (κ3) is 5.87. The molecule has 2 aromatic heterocycles. The minimum atomic E-state index is -4.82. The number of piperidine rings is 1. The first-order valence-corrected chi connectivity index (χ1v) is 12.1. The fourth-order valence-electron chi connectivity index (χ4n) is 4.48. The summed E-state index contributed by atoms with van der Waals surface area (Å²) in [5, 5.41) is 4.13. The normalized spacial score (nSPS) is 16.6. The molecule has 0 spiro atoms. The Morgan fingerprint density at radius 2 is 1.86 bits per heavy atom. The molecule has 1 aliphatic heterocycles. The van der Waals surface area contributed by atoms with Gasteiger partial charge in [-0.05, 0) is 49.9 Å². The van der Waals surface area contributed by atoms with Crippen molar-refractivity contribution in [1.82, 2.24) is 10.1 Å². The SMILES string of the molecule is COC(=O)c1ccc(N2CCC(OCc3c(-c4ccccc4OC(F)(F)F)noc3C3CC3)CC2)nc1. The van der Waals surface area contributed by atoms with Crippen molar-refractivity contribution in [3.63, 3.8) is 0 Å². The third-order valence-electron chi connectivity index (χ3n) is 6.53. The van der Waals surface area contributed by atoms with Crippen LogP contribution in [0.1, 0.15) is 53.3 Å². The number of pyridine rings is 1. The Bertz CT molecular complexity index is 1230. The summed E-state index contributed by atoms with van der Waals surface area (Å²) >= 11 is 0. The van der Waals surface area contributed by atoms with E-state index in [1.165, 1.54) is 31.5 Å². The Morgan fingerprint density at radius 1 is 1.11 bits per heavy atom. The highest BCUT2D eigenvalue weighted by molar-refractivity contribution is 5.89. The second-order valence-electron chi connectivity index (χ2n) is 9.09. The van der Waals surface area contributed by atoms with Gasteiger partial charge in [0.15, 0.2) is 0 Å². The molecular formula is C26H26F3N3O5. The van der Waals surface area contributed by atoms with Crippen LogP contribution < -0.4 is 9.64 Å². The van der Waals surface area contributed by atoms with Crippen LogP contribution in [0.15, 0.2) is 47.1 Å². The number of carbonyl (C=O) groups is 1. The number of hydrogen-bond acceptors (Lipinski definition) is 8. The van der Waals surface area contributed by atoms with Crippen molar-refractivity contribution in [3.8, 4) is 17.0 Å². The molecule has 0 amide bonds. The minimum absolute atomic E-state index is 0.0398. The van der Waals surface area contributed by atoms with Gasteiger partial charge in [-0.1, -0.05) is 17.3 Å².